The molecular weight excluding hydrogens is 225 g/mol. The van der Waals surface area contributed by atoms with Crippen molar-refractivity contribution in [3.8, 4) is 0 Å². The summed E-state index contributed by atoms with van der Waals surface area (Å²) in [7, 11) is -3.16. The van der Waals surface area contributed by atoms with Gasteiger partial charge in [-0.05, 0) is 48.5 Å². The monoisotopic (exact) mass is 251 g/mol. The quantitative estimate of drug-likeness (QED) is 0.647. The molecule has 0 radical (unpaired) electrons. The predicted molar refractivity (Wildman–Crippen MR) is 67.6 cm³/mol. The second kappa shape index (κ2) is 6.75. The van der Waals surface area contributed by atoms with Gasteiger partial charge in [0, 0.05) is 12.1 Å². The molecule has 16 heavy (non-hydrogen) atoms. The molecule has 0 amide bonds. The van der Waals surface area contributed by atoms with Crippen LogP contribution in [0.3, 0.4) is 0 Å². The molecule has 4 nitrogen and oxygen atoms in total. The van der Waals surface area contributed by atoms with E-state index < -0.39 is 7.75 Å². The normalized spacial score (nSPS) is 16.4. The first-order valence-electron chi connectivity index (χ1n) is 5.96. The lowest BCUT2D eigenvalue weighted by atomic mass is 10.3. The zero-order valence-corrected chi connectivity index (χ0v) is 12.5. The van der Waals surface area contributed by atoms with Crippen LogP contribution in [0.15, 0.2) is 0 Å². The van der Waals surface area contributed by atoms with E-state index in [4.69, 9.17) is 9.05 Å². The molecule has 0 fully saturated rings. The lowest BCUT2D eigenvalue weighted by Gasteiger charge is -2.36. The standard InChI is InChI=1S/C11H26NO3P/c1-8-14-16(13,15-11(6)7)12(9(2)3)10(4)5/h9-11H,8H2,1-7H3. The Kier molecular flexibility index (Phi) is 6.80. The van der Waals surface area contributed by atoms with E-state index in [2.05, 4.69) is 0 Å². The maximum absolute atomic E-state index is 12.7. The molecule has 0 aromatic heterocycles. The number of nitrogens with zero attached hydrogens (tertiary/aromatic N) is 1. The van der Waals surface area contributed by atoms with Gasteiger partial charge < -0.3 is 0 Å². The summed E-state index contributed by atoms with van der Waals surface area (Å²) in [5.74, 6) is 0. The van der Waals surface area contributed by atoms with Crippen LogP contribution in [0.4, 0.5) is 0 Å². The zero-order chi connectivity index (χ0) is 12.9. The minimum absolute atomic E-state index is 0.114. The van der Waals surface area contributed by atoms with E-state index in [9.17, 15) is 4.57 Å². The molecule has 98 valence electrons. The molecule has 0 saturated heterocycles. The topological polar surface area (TPSA) is 38.8 Å². The van der Waals surface area contributed by atoms with E-state index in [0.717, 1.165) is 0 Å². The van der Waals surface area contributed by atoms with Crippen molar-refractivity contribution >= 4 is 7.75 Å². The minimum Gasteiger partial charge on any atom is -0.297 e. The highest BCUT2D eigenvalue weighted by molar-refractivity contribution is 7.51. The van der Waals surface area contributed by atoms with Crippen LogP contribution < -0.4 is 0 Å². The minimum atomic E-state index is -3.16. The Labute approximate surface area is 99.9 Å². The Hall–Kier alpha value is 0.110. The summed E-state index contributed by atoms with van der Waals surface area (Å²) >= 11 is 0. The average molecular weight is 251 g/mol. The third kappa shape index (κ3) is 4.54. The molecule has 0 aliphatic heterocycles. The fourth-order valence-electron chi connectivity index (χ4n) is 1.74. The Bertz CT molecular complexity index is 233. The third-order valence-corrected chi connectivity index (χ3v) is 4.74. The molecule has 1 unspecified atom stereocenters. The summed E-state index contributed by atoms with van der Waals surface area (Å²) in [6, 6.07) is 0.243. The fourth-order valence-corrected chi connectivity index (χ4v) is 4.04. The molecule has 0 aromatic rings. The Balaban J connectivity index is 5.04. The van der Waals surface area contributed by atoms with Crippen molar-refractivity contribution in [2.75, 3.05) is 6.61 Å². The Morgan fingerprint density at radius 2 is 1.50 bits per heavy atom. The Morgan fingerprint density at radius 1 is 1.06 bits per heavy atom. The maximum Gasteiger partial charge on any atom is 0.408 e. The van der Waals surface area contributed by atoms with E-state index >= 15 is 0 Å². The SMILES string of the molecule is CCOP(=O)(OC(C)C)N(C(C)C)C(C)C. The average Bonchev–Trinajstić information content (AvgIpc) is 1.99. The second-order valence-corrected chi connectivity index (χ2v) is 6.48. The van der Waals surface area contributed by atoms with Crippen molar-refractivity contribution in [3.05, 3.63) is 0 Å². The van der Waals surface area contributed by atoms with Gasteiger partial charge in [-0.1, -0.05) is 0 Å². The molecule has 0 N–H and O–H groups in total. The summed E-state index contributed by atoms with van der Waals surface area (Å²) < 4.78 is 25.4. The highest BCUT2D eigenvalue weighted by atomic mass is 31.2. The first kappa shape index (κ1) is 16.1. The van der Waals surface area contributed by atoms with Gasteiger partial charge in [0.15, 0.2) is 0 Å². The van der Waals surface area contributed by atoms with Gasteiger partial charge in [-0.15, -0.1) is 0 Å². The molecule has 0 bridgehead atoms. The van der Waals surface area contributed by atoms with Crippen molar-refractivity contribution in [2.45, 2.75) is 66.7 Å². The van der Waals surface area contributed by atoms with E-state index in [-0.39, 0.29) is 18.2 Å². The van der Waals surface area contributed by atoms with Gasteiger partial charge in [0.05, 0.1) is 12.7 Å². The summed E-state index contributed by atoms with van der Waals surface area (Å²) in [4.78, 5) is 0. The van der Waals surface area contributed by atoms with E-state index in [1.165, 1.54) is 0 Å². The predicted octanol–water partition coefficient (Wildman–Crippen LogP) is 3.67. The summed E-state index contributed by atoms with van der Waals surface area (Å²) in [6.45, 7) is 13.9. The summed E-state index contributed by atoms with van der Waals surface area (Å²) in [5.41, 5.74) is 0. The molecule has 0 saturated carbocycles. The van der Waals surface area contributed by atoms with Crippen LogP contribution in [0.5, 0.6) is 0 Å². The number of hydrogen-bond acceptors (Lipinski definition) is 3. The van der Waals surface area contributed by atoms with Crippen LogP contribution in [0.1, 0.15) is 48.5 Å². The zero-order valence-electron chi connectivity index (χ0n) is 11.6. The Morgan fingerprint density at radius 3 is 1.75 bits per heavy atom. The number of hydrogen-bond donors (Lipinski definition) is 0. The highest BCUT2D eigenvalue weighted by Gasteiger charge is 2.37. The molecule has 0 spiro atoms. The molecule has 5 heteroatoms. The second-order valence-electron chi connectivity index (χ2n) is 4.61. The fraction of sp³-hybridized carbons (Fsp3) is 1.00. The van der Waals surface area contributed by atoms with Gasteiger partial charge in [-0.3, -0.25) is 9.05 Å². The van der Waals surface area contributed by atoms with Crippen LogP contribution >= 0.6 is 7.75 Å². The van der Waals surface area contributed by atoms with Gasteiger partial charge in [0.1, 0.15) is 0 Å². The van der Waals surface area contributed by atoms with Crippen LogP contribution in [0.25, 0.3) is 0 Å². The lowest BCUT2D eigenvalue weighted by Crippen LogP contribution is -2.36. The molecule has 0 rings (SSSR count). The highest BCUT2D eigenvalue weighted by Crippen LogP contribution is 2.55. The van der Waals surface area contributed by atoms with Crippen molar-refractivity contribution in [3.63, 3.8) is 0 Å². The van der Waals surface area contributed by atoms with E-state index in [0.29, 0.717) is 6.61 Å². The van der Waals surface area contributed by atoms with Crippen LogP contribution in [0, 0.1) is 0 Å². The smallest absolute Gasteiger partial charge is 0.297 e. The van der Waals surface area contributed by atoms with Crippen molar-refractivity contribution in [1.29, 1.82) is 0 Å². The van der Waals surface area contributed by atoms with Gasteiger partial charge in [0.2, 0.25) is 0 Å². The van der Waals surface area contributed by atoms with Crippen molar-refractivity contribution in [1.82, 2.24) is 4.67 Å². The maximum atomic E-state index is 12.7. The summed E-state index contributed by atoms with van der Waals surface area (Å²) in [5, 5.41) is 0. The molecule has 1 atom stereocenters. The largest absolute Gasteiger partial charge is 0.408 e. The summed E-state index contributed by atoms with van der Waals surface area (Å²) in [6.07, 6.45) is -0.114. The van der Waals surface area contributed by atoms with Crippen LogP contribution in [0.2, 0.25) is 0 Å². The number of rotatable bonds is 7. The van der Waals surface area contributed by atoms with E-state index in [1.807, 2.05) is 53.1 Å². The van der Waals surface area contributed by atoms with Gasteiger partial charge in [-0.2, -0.15) is 0 Å². The molecular formula is C11H26NO3P. The van der Waals surface area contributed by atoms with Crippen LogP contribution in [-0.2, 0) is 13.6 Å². The van der Waals surface area contributed by atoms with E-state index in [1.54, 1.807) is 0 Å². The molecule has 0 heterocycles. The third-order valence-electron chi connectivity index (χ3n) is 1.98. The first-order chi connectivity index (χ1) is 7.24. The van der Waals surface area contributed by atoms with Gasteiger partial charge in [0.25, 0.3) is 0 Å². The van der Waals surface area contributed by atoms with Crippen molar-refractivity contribution in [2.24, 2.45) is 0 Å². The van der Waals surface area contributed by atoms with Gasteiger partial charge >= 0.3 is 7.75 Å². The molecule has 0 aromatic carbocycles. The van der Waals surface area contributed by atoms with Crippen molar-refractivity contribution < 1.29 is 13.6 Å². The molecule has 0 aliphatic rings. The molecule has 0 aliphatic carbocycles. The first-order valence-corrected chi connectivity index (χ1v) is 7.46. The lowest BCUT2D eigenvalue weighted by molar-refractivity contribution is 0.111. The van der Waals surface area contributed by atoms with Gasteiger partial charge in [-0.25, -0.2) is 9.24 Å². The van der Waals surface area contributed by atoms with Crippen LogP contribution in [-0.4, -0.2) is 29.5 Å².